The number of benzene rings is 2. The van der Waals surface area contributed by atoms with Gasteiger partial charge in [-0.3, -0.25) is 0 Å². The molecule has 5 heteroatoms. The summed E-state index contributed by atoms with van der Waals surface area (Å²) < 4.78 is 0. The highest BCUT2D eigenvalue weighted by Crippen LogP contribution is 2.14. The van der Waals surface area contributed by atoms with Crippen LogP contribution >= 0.6 is 0 Å². The average molecular weight is 306 g/mol. The van der Waals surface area contributed by atoms with Crippen LogP contribution < -0.4 is 10.6 Å². The minimum Gasteiger partial charge on any atom is -0.508 e. The molecule has 0 atom stereocenters. The van der Waals surface area contributed by atoms with Crippen LogP contribution in [0.5, 0.6) is 5.75 Å². The number of aromatic hydroxyl groups is 1. The molecular formula is C18H18N4O. The van der Waals surface area contributed by atoms with Crippen molar-refractivity contribution in [2.45, 2.75) is 6.42 Å². The van der Waals surface area contributed by atoms with E-state index in [9.17, 15) is 5.11 Å². The normalized spacial score (nSPS) is 10.3. The summed E-state index contributed by atoms with van der Waals surface area (Å²) in [5, 5.41) is 15.7. The molecule has 0 fully saturated rings. The van der Waals surface area contributed by atoms with Crippen LogP contribution in [0.15, 0.2) is 66.9 Å². The van der Waals surface area contributed by atoms with E-state index in [0.29, 0.717) is 5.95 Å². The van der Waals surface area contributed by atoms with Crippen molar-refractivity contribution in [3.05, 3.63) is 72.4 Å². The summed E-state index contributed by atoms with van der Waals surface area (Å²) in [6, 6.07) is 18.9. The van der Waals surface area contributed by atoms with Crippen molar-refractivity contribution in [3.63, 3.8) is 0 Å². The largest absolute Gasteiger partial charge is 0.508 e. The minimum atomic E-state index is 0.286. The molecule has 5 nitrogen and oxygen atoms in total. The van der Waals surface area contributed by atoms with Crippen LogP contribution in [-0.2, 0) is 6.42 Å². The Morgan fingerprint density at radius 1 is 0.913 bits per heavy atom. The highest BCUT2D eigenvalue weighted by molar-refractivity contribution is 5.54. The first-order chi connectivity index (χ1) is 11.3. The molecular weight excluding hydrogens is 288 g/mol. The molecule has 0 unspecified atom stereocenters. The van der Waals surface area contributed by atoms with Gasteiger partial charge in [0.25, 0.3) is 0 Å². The molecule has 3 N–H and O–H groups in total. The molecule has 23 heavy (non-hydrogen) atoms. The van der Waals surface area contributed by atoms with Gasteiger partial charge >= 0.3 is 0 Å². The van der Waals surface area contributed by atoms with Crippen LogP contribution in [0.4, 0.5) is 17.5 Å². The highest BCUT2D eigenvalue weighted by atomic mass is 16.3. The lowest BCUT2D eigenvalue weighted by molar-refractivity contribution is 0.475. The Balaban J connectivity index is 1.56. The number of hydrogen-bond acceptors (Lipinski definition) is 5. The third-order valence-electron chi connectivity index (χ3n) is 3.34. The van der Waals surface area contributed by atoms with Gasteiger partial charge in [-0.05, 0) is 42.3 Å². The topological polar surface area (TPSA) is 70.1 Å². The molecule has 0 saturated heterocycles. The number of rotatable bonds is 6. The van der Waals surface area contributed by atoms with Crippen LogP contribution in [0.2, 0.25) is 0 Å². The summed E-state index contributed by atoms with van der Waals surface area (Å²) >= 11 is 0. The molecule has 116 valence electrons. The molecule has 3 aromatic rings. The zero-order valence-electron chi connectivity index (χ0n) is 12.6. The van der Waals surface area contributed by atoms with Crippen molar-refractivity contribution in [2.75, 3.05) is 17.2 Å². The zero-order chi connectivity index (χ0) is 15.9. The second-order valence-electron chi connectivity index (χ2n) is 5.10. The van der Waals surface area contributed by atoms with E-state index in [2.05, 4.69) is 20.6 Å². The van der Waals surface area contributed by atoms with Gasteiger partial charge in [-0.2, -0.15) is 4.98 Å². The number of nitrogens with one attached hydrogen (secondary N) is 2. The molecule has 0 aliphatic heterocycles. The zero-order valence-corrected chi connectivity index (χ0v) is 12.6. The average Bonchev–Trinajstić information content (AvgIpc) is 2.58. The number of para-hydroxylation sites is 1. The summed E-state index contributed by atoms with van der Waals surface area (Å²) in [7, 11) is 0. The summed E-state index contributed by atoms with van der Waals surface area (Å²) in [6.45, 7) is 0.757. The Morgan fingerprint density at radius 3 is 2.48 bits per heavy atom. The van der Waals surface area contributed by atoms with Gasteiger partial charge in [-0.25, -0.2) is 4.98 Å². The minimum absolute atomic E-state index is 0.286. The predicted molar refractivity (Wildman–Crippen MR) is 92.1 cm³/mol. The van der Waals surface area contributed by atoms with Crippen LogP contribution in [0.1, 0.15) is 5.56 Å². The van der Waals surface area contributed by atoms with Crippen LogP contribution in [0.3, 0.4) is 0 Å². The smallest absolute Gasteiger partial charge is 0.229 e. The molecule has 0 amide bonds. The van der Waals surface area contributed by atoms with E-state index in [0.717, 1.165) is 30.0 Å². The number of phenols is 1. The van der Waals surface area contributed by atoms with Crippen molar-refractivity contribution in [2.24, 2.45) is 0 Å². The fourth-order valence-corrected chi connectivity index (χ4v) is 2.17. The molecule has 0 spiro atoms. The van der Waals surface area contributed by atoms with Crippen molar-refractivity contribution in [3.8, 4) is 5.75 Å². The molecule has 0 saturated carbocycles. The Bertz CT molecular complexity index is 744. The molecule has 0 aliphatic carbocycles. The van der Waals surface area contributed by atoms with Crippen molar-refractivity contribution >= 4 is 17.5 Å². The van der Waals surface area contributed by atoms with E-state index in [1.165, 1.54) is 0 Å². The van der Waals surface area contributed by atoms with Gasteiger partial charge in [0.15, 0.2) is 0 Å². The summed E-state index contributed by atoms with van der Waals surface area (Å²) in [6.07, 6.45) is 2.58. The second-order valence-corrected chi connectivity index (χ2v) is 5.10. The first kappa shape index (κ1) is 14.8. The van der Waals surface area contributed by atoms with Gasteiger partial charge in [0.05, 0.1) is 0 Å². The summed E-state index contributed by atoms with van der Waals surface area (Å²) in [5.41, 5.74) is 2.11. The van der Waals surface area contributed by atoms with Crippen LogP contribution in [-0.4, -0.2) is 21.6 Å². The van der Waals surface area contributed by atoms with Gasteiger partial charge in [0.2, 0.25) is 5.95 Å². The maximum Gasteiger partial charge on any atom is 0.229 e. The number of hydrogen-bond donors (Lipinski definition) is 3. The van der Waals surface area contributed by atoms with Gasteiger partial charge in [0.1, 0.15) is 11.6 Å². The van der Waals surface area contributed by atoms with Gasteiger partial charge in [-0.15, -0.1) is 0 Å². The Morgan fingerprint density at radius 2 is 1.70 bits per heavy atom. The van der Waals surface area contributed by atoms with Gasteiger partial charge in [-0.1, -0.05) is 30.3 Å². The van der Waals surface area contributed by atoms with Crippen LogP contribution in [0.25, 0.3) is 0 Å². The SMILES string of the molecule is Oc1ccc(CCNc2ccnc(Nc3ccccc3)n2)cc1. The molecule has 0 aliphatic rings. The van der Waals surface area contributed by atoms with E-state index in [-0.39, 0.29) is 5.75 Å². The first-order valence-electron chi connectivity index (χ1n) is 7.46. The predicted octanol–water partition coefficient (Wildman–Crippen LogP) is 3.58. The fourth-order valence-electron chi connectivity index (χ4n) is 2.17. The van der Waals surface area contributed by atoms with E-state index < -0.39 is 0 Å². The fraction of sp³-hybridized carbons (Fsp3) is 0.111. The highest BCUT2D eigenvalue weighted by Gasteiger charge is 2.00. The first-order valence-corrected chi connectivity index (χ1v) is 7.46. The third kappa shape index (κ3) is 4.44. The molecule has 1 heterocycles. The van der Waals surface area contributed by atoms with Gasteiger partial charge < -0.3 is 15.7 Å². The van der Waals surface area contributed by atoms with Crippen molar-refractivity contribution in [1.29, 1.82) is 0 Å². The van der Waals surface area contributed by atoms with Crippen molar-refractivity contribution < 1.29 is 5.11 Å². The quantitative estimate of drug-likeness (QED) is 0.649. The van der Waals surface area contributed by atoms with E-state index in [1.807, 2.05) is 48.5 Å². The standard InChI is InChI=1S/C18H18N4O/c23-16-8-6-14(7-9-16)10-12-19-17-11-13-20-18(22-17)21-15-4-2-1-3-5-15/h1-9,11,13,23H,10,12H2,(H2,19,20,21,22). The second kappa shape index (κ2) is 7.26. The maximum atomic E-state index is 9.27. The maximum absolute atomic E-state index is 9.27. The van der Waals surface area contributed by atoms with E-state index in [4.69, 9.17) is 0 Å². The summed E-state index contributed by atoms with van der Waals surface area (Å²) in [5.74, 6) is 1.62. The number of aromatic nitrogens is 2. The molecule has 0 radical (unpaired) electrons. The molecule has 2 aromatic carbocycles. The lowest BCUT2D eigenvalue weighted by Crippen LogP contribution is -2.07. The lowest BCUT2D eigenvalue weighted by Gasteiger charge is -2.08. The lowest BCUT2D eigenvalue weighted by atomic mass is 10.1. The number of phenolic OH excluding ortho intramolecular Hbond substituents is 1. The Hall–Kier alpha value is -3.08. The monoisotopic (exact) mass is 306 g/mol. The molecule has 0 bridgehead atoms. The van der Waals surface area contributed by atoms with Crippen LogP contribution in [0, 0.1) is 0 Å². The van der Waals surface area contributed by atoms with Crippen molar-refractivity contribution in [1.82, 2.24) is 9.97 Å². The number of nitrogens with zero attached hydrogens (tertiary/aromatic N) is 2. The number of anilines is 3. The Labute approximate surface area is 135 Å². The third-order valence-corrected chi connectivity index (χ3v) is 3.34. The van der Waals surface area contributed by atoms with Gasteiger partial charge in [0, 0.05) is 18.4 Å². The molecule has 1 aromatic heterocycles. The molecule has 3 rings (SSSR count). The Kier molecular flexibility index (Phi) is 4.69. The summed E-state index contributed by atoms with van der Waals surface area (Å²) in [4.78, 5) is 8.66. The van der Waals surface area contributed by atoms with E-state index >= 15 is 0 Å². The van der Waals surface area contributed by atoms with E-state index in [1.54, 1.807) is 18.3 Å².